The minimum Gasteiger partial charge on any atom is -0.324 e. The van der Waals surface area contributed by atoms with Crippen LogP contribution in [0.2, 0.25) is 5.02 Å². The Morgan fingerprint density at radius 1 is 1.29 bits per heavy atom. The van der Waals surface area contributed by atoms with Crippen LogP contribution in [0.1, 0.15) is 17.2 Å². The summed E-state index contributed by atoms with van der Waals surface area (Å²) in [4.78, 5) is 0. The molecule has 1 aromatic heterocycles. The molecule has 2 rings (SSSR count). The van der Waals surface area contributed by atoms with E-state index in [1.807, 2.05) is 0 Å². The largest absolute Gasteiger partial charge is 0.324 e. The van der Waals surface area contributed by atoms with Gasteiger partial charge in [0.15, 0.2) is 0 Å². The number of aromatic nitrogens is 2. The average Bonchev–Trinajstić information content (AvgIpc) is 2.34. The van der Waals surface area contributed by atoms with Gasteiger partial charge in [0.1, 0.15) is 5.82 Å². The maximum atomic E-state index is 12.9. The number of hydrogen-bond acceptors (Lipinski definition) is 3. The Morgan fingerprint density at radius 3 is 2.76 bits per heavy atom. The zero-order chi connectivity index (χ0) is 12.3. The molecule has 0 spiro atoms. The molecule has 0 saturated heterocycles. The second kappa shape index (κ2) is 5.21. The number of halogens is 2. The Hall–Kier alpha value is -1.52. The first-order valence-electron chi connectivity index (χ1n) is 5.13. The van der Waals surface area contributed by atoms with Gasteiger partial charge in [0.25, 0.3) is 0 Å². The summed E-state index contributed by atoms with van der Waals surface area (Å²) < 4.78 is 12.9. The number of nitrogens with zero attached hydrogens (tertiary/aromatic N) is 2. The van der Waals surface area contributed by atoms with Gasteiger partial charge in [-0.1, -0.05) is 17.7 Å². The van der Waals surface area contributed by atoms with E-state index in [4.69, 9.17) is 17.3 Å². The summed E-state index contributed by atoms with van der Waals surface area (Å²) in [6, 6.07) is 5.88. The Bertz CT molecular complexity index is 504. The molecule has 5 heteroatoms. The number of hydrogen-bond donors (Lipinski definition) is 1. The molecule has 0 saturated carbocycles. The van der Waals surface area contributed by atoms with Gasteiger partial charge in [0.05, 0.1) is 6.20 Å². The number of benzene rings is 1. The normalized spacial score (nSPS) is 12.4. The second-order valence-corrected chi connectivity index (χ2v) is 4.13. The molecule has 2 N–H and O–H groups in total. The summed E-state index contributed by atoms with van der Waals surface area (Å²) >= 11 is 5.94. The van der Waals surface area contributed by atoms with Crippen molar-refractivity contribution in [3.05, 3.63) is 58.6 Å². The summed E-state index contributed by atoms with van der Waals surface area (Å²) in [6.45, 7) is 0. The minimum absolute atomic E-state index is 0.228. The molecule has 0 fully saturated rings. The highest BCUT2D eigenvalue weighted by Crippen LogP contribution is 2.22. The maximum Gasteiger partial charge on any atom is 0.124 e. The monoisotopic (exact) mass is 251 g/mol. The van der Waals surface area contributed by atoms with Crippen LogP contribution in [-0.2, 0) is 6.42 Å². The lowest BCUT2D eigenvalue weighted by molar-refractivity contribution is 0.625. The fraction of sp³-hybridized carbons (Fsp3) is 0.167. The number of nitrogens with two attached hydrogens (primary N) is 1. The van der Waals surface area contributed by atoms with Crippen molar-refractivity contribution in [1.82, 2.24) is 10.2 Å². The molecule has 1 heterocycles. The molecule has 0 aliphatic heterocycles. The van der Waals surface area contributed by atoms with Gasteiger partial charge in [-0.3, -0.25) is 0 Å². The molecule has 1 aromatic carbocycles. The van der Waals surface area contributed by atoms with Gasteiger partial charge in [-0.25, -0.2) is 4.39 Å². The topological polar surface area (TPSA) is 51.8 Å². The van der Waals surface area contributed by atoms with Crippen molar-refractivity contribution in [2.75, 3.05) is 0 Å². The third-order valence-corrected chi connectivity index (χ3v) is 2.84. The molecule has 2 aromatic rings. The Balaban J connectivity index is 2.16. The minimum atomic E-state index is -0.349. The lowest BCUT2D eigenvalue weighted by Crippen LogP contribution is -2.14. The van der Waals surface area contributed by atoms with E-state index in [-0.39, 0.29) is 11.9 Å². The van der Waals surface area contributed by atoms with Crippen LogP contribution in [0.3, 0.4) is 0 Å². The molecule has 0 radical (unpaired) electrons. The standard InChI is InChI=1S/C12H11ClFN3/c13-11-6-10(14)2-1-8(11)5-12(15)9-3-4-16-17-7-9/h1-4,6-7,12H,5,15H2. The molecular formula is C12H11ClFN3. The van der Waals surface area contributed by atoms with Crippen molar-refractivity contribution in [1.29, 1.82) is 0 Å². The first-order chi connectivity index (χ1) is 8.16. The summed E-state index contributed by atoms with van der Waals surface area (Å²) in [7, 11) is 0. The van der Waals surface area contributed by atoms with Gasteiger partial charge in [-0.15, -0.1) is 0 Å². The van der Waals surface area contributed by atoms with Gasteiger partial charge < -0.3 is 5.73 Å². The first-order valence-corrected chi connectivity index (χ1v) is 5.50. The molecule has 0 amide bonds. The summed E-state index contributed by atoms with van der Waals surface area (Å²) in [5, 5.41) is 7.83. The van der Waals surface area contributed by atoms with Gasteiger partial charge in [0.2, 0.25) is 0 Å². The first kappa shape index (κ1) is 12.0. The van der Waals surface area contributed by atoms with Crippen LogP contribution < -0.4 is 5.73 Å². The Kier molecular flexibility index (Phi) is 3.66. The van der Waals surface area contributed by atoms with E-state index in [2.05, 4.69) is 10.2 Å². The van der Waals surface area contributed by atoms with Crippen LogP contribution in [0.5, 0.6) is 0 Å². The summed E-state index contributed by atoms with van der Waals surface area (Å²) in [5.41, 5.74) is 7.71. The zero-order valence-corrected chi connectivity index (χ0v) is 9.73. The molecular weight excluding hydrogens is 241 g/mol. The second-order valence-electron chi connectivity index (χ2n) is 3.72. The van der Waals surface area contributed by atoms with Crippen molar-refractivity contribution < 1.29 is 4.39 Å². The third-order valence-electron chi connectivity index (χ3n) is 2.49. The van der Waals surface area contributed by atoms with Gasteiger partial charge >= 0.3 is 0 Å². The van der Waals surface area contributed by atoms with Gasteiger partial charge in [-0.2, -0.15) is 10.2 Å². The molecule has 88 valence electrons. The van der Waals surface area contributed by atoms with E-state index in [0.29, 0.717) is 11.4 Å². The molecule has 0 bridgehead atoms. The number of rotatable bonds is 3. The van der Waals surface area contributed by atoms with Gasteiger partial charge in [-0.05, 0) is 35.7 Å². The molecule has 3 nitrogen and oxygen atoms in total. The summed E-state index contributed by atoms with van der Waals surface area (Å²) in [5.74, 6) is -0.349. The molecule has 0 aliphatic rings. The highest BCUT2D eigenvalue weighted by Gasteiger charge is 2.10. The fourth-order valence-electron chi connectivity index (χ4n) is 1.56. The molecule has 1 unspecified atom stereocenters. The van der Waals surface area contributed by atoms with Crippen LogP contribution >= 0.6 is 11.6 Å². The van der Waals surface area contributed by atoms with Gasteiger partial charge in [0, 0.05) is 17.3 Å². The SMILES string of the molecule is NC(Cc1ccc(F)cc1Cl)c1ccnnc1. The fourth-order valence-corrected chi connectivity index (χ4v) is 1.81. The van der Waals surface area contributed by atoms with E-state index in [1.54, 1.807) is 24.5 Å². The Morgan fingerprint density at radius 2 is 2.12 bits per heavy atom. The van der Waals surface area contributed by atoms with Crippen LogP contribution in [0.15, 0.2) is 36.7 Å². The van der Waals surface area contributed by atoms with E-state index in [9.17, 15) is 4.39 Å². The van der Waals surface area contributed by atoms with E-state index in [1.165, 1.54) is 12.1 Å². The summed E-state index contributed by atoms with van der Waals surface area (Å²) in [6.07, 6.45) is 3.73. The van der Waals surface area contributed by atoms with Crippen molar-refractivity contribution >= 4 is 11.6 Å². The quantitative estimate of drug-likeness (QED) is 0.912. The van der Waals surface area contributed by atoms with Crippen molar-refractivity contribution in [3.63, 3.8) is 0 Å². The lowest BCUT2D eigenvalue weighted by Gasteiger charge is -2.12. The molecule has 17 heavy (non-hydrogen) atoms. The van der Waals surface area contributed by atoms with Crippen LogP contribution in [-0.4, -0.2) is 10.2 Å². The smallest absolute Gasteiger partial charge is 0.124 e. The highest BCUT2D eigenvalue weighted by atomic mass is 35.5. The average molecular weight is 252 g/mol. The van der Waals surface area contributed by atoms with Crippen LogP contribution in [0.25, 0.3) is 0 Å². The third kappa shape index (κ3) is 2.99. The predicted molar refractivity (Wildman–Crippen MR) is 64.1 cm³/mol. The van der Waals surface area contributed by atoms with E-state index >= 15 is 0 Å². The maximum absolute atomic E-state index is 12.9. The molecule has 0 aliphatic carbocycles. The lowest BCUT2D eigenvalue weighted by atomic mass is 10.0. The van der Waals surface area contributed by atoms with Crippen LogP contribution in [0.4, 0.5) is 4.39 Å². The van der Waals surface area contributed by atoms with Crippen molar-refractivity contribution in [2.24, 2.45) is 5.73 Å². The van der Waals surface area contributed by atoms with E-state index in [0.717, 1.165) is 11.1 Å². The highest BCUT2D eigenvalue weighted by molar-refractivity contribution is 6.31. The Labute approximate surface area is 103 Å². The van der Waals surface area contributed by atoms with Crippen molar-refractivity contribution in [2.45, 2.75) is 12.5 Å². The molecule has 1 atom stereocenters. The van der Waals surface area contributed by atoms with Crippen LogP contribution in [0, 0.1) is 5.82 Å². The predicted octanol–water partition coefficient (Wildman–Crippen LogP) is 2.51. The zero-order valence-electron chi connectivity index (χ0n) is 8.98. The van der Waals surface area contributed by atoms with E-state index < -0.39 is 0 Å². The van der Waals surface area contributed by atoms with Crippen molar-refractivity contribution in [3.8, 4) is 0 Å².